The van der Waals surface area contributed by atoms with E-state index in [4.69, 9.17) is 4.74 Å². The van der Waals surface area contributed by atoms with E-state index in [9.17, 15) is 23.1 Å². The molecule has 3 aliphatic rings. The third-order valence-corrected chi connectivity index (χ3v) is 11.6. The molecule has 188 valence electrons. The maximum atomic E-state index is 12.9. The van der Waals surface area contributed by atoms with Gasteiger partial charge >= 0.3 is 0 Å². The molecule has 1 heterocycles. The van der Waals surface area contributed by atoms with E-state index < -0.39 is 15.9 Å². The number of rotatable bonds is 10. The fourth-order valence-electron chi connectivity index (χ4n) is 5.83. The molecule has 5 atom stereocenters. The monoisotopic (exact) mass is 500 g/mol. The average molecular weight is 501 g/mol. The number of hydrogen-bond acceptors (Lipinski definition) is 7. The van der Waals surface area contributed by atoms with Crippen LogP contribution < -0.4 is 0 Å². The molecule has 1 N–H and O–H groups in total. The summed E-state index contributed by atoms with van der Waals surface area (Å²) in [5.74, 6) is 1.07. The van der Waals surface area contributed by atoms with Gasteiger partial charge in [0.2, 0.25) is 0 Å². The van der Waals surface area contributed by atoms with Gasteiger partial charge in [-0.3, -0.25) is 9.59 Å². The molecule has 0 aromatic carbocycles. The number of aliphatic hydroxyl groups is 1. The Bertz CT molecular complexity index is 828. The van der Waals surface area contributed by atoms with Crippen molar-refractivity contribution in [3.8, 4) is 0 Å². The zero-order valence-corrected chi connectivity index (χ0v) is 21.8. The lowest BCUT2D eigenvalue weighted by molar-refractivity contribution is -0.126. The summed E-state index contributed by atoms with van der Waals surface area (Å²) in [6.45, 7) is 5.99. The van der Waals surface area contributed by atoms with E-state index in [1.54, 1.807) is 0 Å². The first-order chi connectivity index (χ1) is 15.6. The number of ketones is 1. The summed E-state index contributed by atoms with van der Waals surface area (Å²) < 4.78 is 31.7. The molecule has 2 fully saturated rings. The molecule has 0 amide bonds. The number of aliphatic hydroxyl groups excluding tert-OH is 1. The van der Waals surface area contributed by atoms with Crippen LogP contribution in [0.3, 0.4) is 0 Å². The molecule has 33 heavy (non-hydrogen) atoms. The molecule has 2 aliphatic carbocycles. The highest BCUT2D eigenvalue weighted by Crippen LogP contribution is 2.44. The van der Waals surface area contributed by atoms with Gasteiger partial charge in [0.05, 0.1) is 29.5 Å². The predicted octanol–water partition coefficient (Wildman–Crippen LogP) is 4.30. The predicted molar refractivity (Wildman–Crippen MR) is 132 cm³/mol. The molecular formula is C25H40O6S2. The first kappa shape index (κ1) is 26.7. The van der Waals surface area contributed by atoms with Gasteiger partial charge in [0, 0.05) is 23.5 Å². The van der Waals surface area contributed by atoms with Crippen molar-refractivity contribution in [1.29, 1.82) is 0 Å². The van der Waals surface area contributed by atoms with Crippen LogP contribution in [0.15, 0.2) is 11.8 Å². The molecule has 3 rings (SSSR count). The Morgan fingerprint density at radius 1 is 1.24 bits per heavy atom. The van der Waals surface area contributed by atoms with Gasteiger partial charge in [0.1, 0.15) is 5.78 Å². The van der Waals surface area contributed by atoms with Crippen LogP contribution in [0, 0.1) is 23.7 Å². The van der Waals surface area contributed by atoms with Crippen LogP contribution >= 0.6 is 11.8 Å². The number of allylic oxidation sites excluding steroid dienone is 1. The van der Waals surface area contributed by atoms with Gasteiger partial charge in [0.15, 0.2) is 15.0 Å². The van der Waals surface area contributed by atoms with Crippen LogP contribution in [0.4, 0.5) is 0 Å². The van der Waals surface area contributed by atoms with Crippen molar-refractivity contribution in [2.45, 2.75) is 95.2 Å². The Morgan fingerprint density at radius 2 is 1.94 bits per heavy atom. The van der Waals surface area contributed by atoms with Gasteiger partial charge in [-0.2, -0.15) is 0 Å². The molecule has 0 aromatic rings. The van der Waals surface area contributed by atoms with E-state index in [2.05, 4.69) is 6.92 Å². The second kappa shape index (κ2) is 11.7. The molecule has 0 aromatic heterocycles. The van der Waals surface area contributed by atoms with E-state index >= 15 is 0 Å². The SMILES string of the molecule is CCCC1C(OCCCS(=O)(=O)C2CCC([C@H]3SC(=O)CC3C)CC2)=CCC(C(C)=O)C1O. The summed E-state index contributed by atoms with van der Waals surface area (Å²) in [5.41, 5.74) is 0. The summed E-state index contributed by atoms with van der Waals surface area (Å²) in [5, 5.41) is 11.0. The van der Waals surface area contributed by atoms with Crippen molar-refractivity contribution in [1.82, 2.24) is 0 Å². The Hall–Kier alpha value is -0.860. The highest BCUT2D eigenvalue weighted by molar-refractivity contribution is 8.14. The highest BCUT2D eigenvalue weighted by atomic mass is 32.2. The second-order valence-electron chi connectivity index (χ2n) is 10.2. The van der Waals surface area contributed by atoms with Crippen LogP contribution in [0.1, 0.15) is 78.6 Å². The molecule has 6 nitrogen and oxygen atoms in total. The number of sulfone groups is 1. The standard InChI is InChI=1S/C25H40O6S2/c1-4-6-21-22(12-11-20(17(3)26)24(21)28)31-13-5-14-33(29,30)19-9-7-18(8-10-19)25-16(2)15-23(27)32-25/h12,16,18-21,24-25,28H,4-11,13-15H2,1-3H3/t16?,18?,19?,20?,21?,24?,25-/m0/s1. The first-order valence-electron chi connectivity index (χ1n) is 12.6. The van der Waals surface area contributed by atoms with Crippen molar-refractivity contribution in [3.05, 3.63) is 11.8 Å². The van der Waals surface area contributed by atoms with E-state index in [-0.39, 0.29) is 33.7 Å². The number of carbonyl (C=O) groups is 2. The van der Waals surface area contributed by atoms with Crippen LogP contribution in [0.25, 0.3) is 0 Å². The zero-order chi connectivity index (χ0) is 24.2. The lowest BCUT2D eigenvalue weighted by Gasteiger charge is -2.34. The minimum Gasteiger partial charge on any atom is -0.498 e. The van der Waals surface area contributed by atoms with Gasteiger partial charge in [-0.1, -0.05) is 32.0 Å². The normalized spacial score (nSPS) is 35.3. The Kier molecular flexibility index (Phi) is 9.49. The zero-order valence-electron chi connectivity index (χ0n) is 20.2. The third kappa shape index (κ3) is 6.63. The molecule has 8 heteroatoms. The lowest BCUT2D eigenvalue weighted by Crippen LogP contribution is -2.38. The van der Waals surface area contributed by atoms with E-state index in [0.717, 1.165) is 25.7 Å². The quantitative estimate of drug-likeness (QED) is 0.447. The van der Waals surface area contributed by atoms with Gasteiger partial charge < -0.3 is 9.84 Å². The van der Waals surface area contributed by atoms with E-state index in [0.29, 0.717) is 61.6 Å². The van der Waals surface area contributed by atoms with Crippen molar-refractivity contribution in [3.63, 3.8) is 0 Å². The summed E-state index contributed by atoms with van der Waals surface area (Å²) in [4.78, 5) is 23.5. The molecule has 4 unspecified atom stereocenters. The minimum absolute atomic E-state index is 0.00713. The highest BCUT2D eigenvalue weighted by Gasteiger charge is 2.40. The molecule has 0 bridgehead atoms. The Balaban J connectivity index is 1.45. The molecule has 1 saturated carbocycles. The van der Waals surface area contributed by atoms with Gasteiger partial charge in [-0.15, -0.1) is 0 Å². The van der Waals surface area contributed by atoms with Crippen LogP contribution in [0.2, 0.25) is 0 Å². The van der Waals surface area contributed by atoms with Crippen molar-refractivity contribution < 1.29 is 27.9 Å². The fraction of sp³-hybridized carbons (Fsp3) is 0.840. The smallest absolute Gasteiger partial charge is 0.189 e. The average Bonchev–Trinajstić information content (AvgIpc) is 3.11. The van der Waals surface area contributed by atoms with Gasteiger partial charge in [0.25, 0.3) is 0 Å². The Labute approximate surface area is 203 Å². The van der Waals surface area contributed by atoms with Crippen molar-refractivity contribution in [2.75, 3.05) is 12.4 Å². The van der Waals surface area contributed by atoms with E-state index in [1.807, 2.05) is 13.0 Å². The number of Topliss-reactive ketones (excluding diaryl/α,β-unsaturated/α-hetero) is 1. The summed E-state index contributed by atoms with van der Waals surface area (Å²) in [6, 6.07) is 0. The molecule has 0 spiro atoms. The number of thioether (sulfide) groups is 1. The van der Waals surface area contributed by atoms with Gasteiger partial charge in [-0.05, 0) is 69.8 Å². The molecular weight excluding hydrogens is 460 g/mol. The molecule has 1 aliphatic heterocycles. The molecule has 0 radical (unpaired) electrons. The van der Waals surface area contributed by atoms with Crippen molar-refractivity contribution in [2.24, 2.45) is 23.7 Å². The fourth-order valence-corrected chi connectivity index (χ4v) is 9.13. The van der Waals surface area contributed by atoms with Crippen LogP contribution in [-0.4, -0.2) is 53.4 Å². The second-order valence-corrected chi connectivity index (χ2v) is 13.8. The van der Waals surface area contributed by atoms with Crippen LogP contribution in [-0.2, 0) is 24.2 Å². The maximum Gasteiger partial charge on any atom is 0.189 e. The first-order valence-corrected chi connectivity index (χ1v) is 15.2. The number of carbonyl (C=O) groups excluding carboxylic acids is 2. The summed E-state index contributed by atoms with van der Waals surface area (Å²) >= 11 is 1.48. The summed E-state index contributed by atoms with van der Waals surface area (Å²) in [7, 11) is -3.18. The summed E-state index contributed by atoms with van der Waals surface area (Å²) in [6.07, 6.45) is 7.47. The number of ether oxygens (including phenoxy) is 1. The topological polar surface area (TPSA) is 97.7 Å². The minimum atomic E-state index is -3.18. The number of hydrogen-bond donors (Lipinski definition) is 1. The third-order valence-electron chi connectivity index (χ3n) is 7.74. The van der Waals surface area contributed by atoms with Crippen molar-refractivity contribution >= 4 is 32.5 Å². The van der Waals surface area contributed by atoms with Crippen LogP contribution in [0.5, 0.6) is 0 Å². The maximum absolute atomic E-state index is 12.9. The Morgan fingerprint density at radius 3 is 2.52 bits per heavy atom. The lowest BCUT2D eigenvalue weighted by atomic mass is 9.78. The molecule has 1 saturated heterocycles. The largest absolute Gasteiger partial charge is 0.498 e. The van der Waals surface area contributed by atoms with Gasteiger partial charge in [-0.25, -0.2) is 8.42 Å². The van der Waals surface area contributed by atoms with E-state index in [1.165, 1.54) is 18.7 Å².